The van der Waals surface area contributed by atoms with Crippen LogP contribution < -0.4 is 15.1 Å². The van der Waals surface area contributed by atoms with Crippen LogP contribution in [0.15, 0.2) is 41.3 Å². The number of ether oxygens (including phenoxy) is 1. The van der Waals surface area contributed by atoms with Gasteiger partial charge < -0.3 is 19.9 Å². The molecular formula is C26H28ClF3N6O5S. The van der Waals surface area contributed by atoms with Gasteiger partial charge in [-0.3, -0.25) is 4.79 Å². The molecule has 2 aliphatic rings. The van der Waals surface area contributed by atoms with Gasteiger partial charge in [0.1, 0.15) is 22.6 Å². The average molecular weight is 629 g/mol. The number of carbonyl (C=O) groups is 2. The Morgan fingerprint density at radius 1 is 1.14 bits per heavy atom. The van der Waals surface area contributed by atoms with Gasteiger partial charge in [0.15, 0.2) is 0 Å². The lowest BCUT2D eigenvalue weighted by Crippen LogP contribution is -2.54. The van der Waals surface area contributed by atoms with Gasteiger partial charge in [-0.05, 0) is 57.2 Å². The molecule has 2 aromatic rings. The smallest absolute Gasteiger partial charge is 0.416 e. The molecule has 226 valence electrons. The minimum absolute atomic E-state index is 0.0333. The number of nitrogens with zero attached hydrogens (tertiary/aromatic N) is 5. The van der Waals surface area contributed by atoms with E-state index in [0.29, 0.717) is 11.8 Å². The van der Waals surface area contributed by atoms with Crippen LogP contribution in [0.2, 0.25) is 5.15 Å². The maximum Gasteiger partial charge on any atom is 0.416 e. The summed E-state index contributed by atoms with van der Waals surface area (Å²) < 4.78 is 72.9. The number of piperazine rings is 1. The molecule has 3 heterocycles. The van der Waals surface area contributed by atoms with E-state index in [-0.39, 0.29) is 54.4 Å². The number of amides is 2. The predicted octanol–water partition coefficient (Wildman–Crippen LogP) is 3.79. The highest BCUT2D eigenvalue weighted by Crippen LogP contribution is 2.34. The zero-order valence-electron chi connectivity index (χ0n) is 22.9. The molecule has 0 bridgehead atoms. The molecule has 0 saturated carbocycles. The first kappa shape index (κ1) is 31.3. The lowest BCUT2D eigenvalue weighted by atomic mass is 10.2. The number of rotatable bonds is 5. The fraction of sp³-hybridized carbons (Fsp3) is 0.462. The summed E-state index contributed by atoms with van der Waals surface area (Å²) >= 11 is 5.79. The van der Waals surface area contributed by atoms with Crippen LogP contribution in [0.25, 0.3) is 0 Å². The molecule has 1 N–H and O–H groups in total. The number of alkyl halides is 3. The number of sulfonamides is 1. The van der Waals surface area contributed by atoms with Gasteiger partial charge in [0.2, 0.25) is 15.9 Å². The summed E-state index contributed by atoms with van der Waals surface area (Å²) in [5, 5.41) is 12.0. The first-order valence-corrected chi connectivity index (χ1v) is 14.6. The molecular weight excluding hydrogens is 601 g/mol. The highest BCUT2D eigenvalue weighted by molar-refractivity contribution is 7.89. The van der Waals surface area contributed by atoms with Crippen LogP contribution in [0.3, 0.4) is 0 Å². The van der Waals surface area contributed by atoms with E-state index < -0.39 is 45.5 Å². The number of alkyl carbamates (subject to hydrolysis) is 1. The van der Waals surface area contributed by atoms with Gasteiger partial charge in [-0.15, -0.1) is 0 Å². The van der Waals surface area contributed by atoms with E-state index >= 15 is 0 Å². The number of pyridine rings is 1. The lowest BCUT2D eigenvalue weighted by molar-refractivity contribution is -0.137. The van der Waals surface area contributed by atoms with Crippen LogP contribution in [0, 0.1) is 11.3 Å². The second-order valence-electron chi connectivity index (χ2n) is 10.8. The number of aromatic nitrogens is 1. The maximum absolute atomic E-state index is 13.5. The summed E-state index contributed by atoms with van der Waals surface area (Å²) in [6, 6.07) is 7.19. The fourth-order valence-corrected chi connectivity index (χ4v) is 6.36. The quantitative estimate of drug-likeness (QED) is 0.494. The second kappa shape index (κ2) is 11.6. The molecule has 2 saturated heterocycles. The van der Waals surface area contributed by atoms with E-state index in [1.54, 1.807) is 20.8 Å². The van der Waals surface area contributed by atoms with E-state index in [0.717, 1.165) is 10.4 Å². The molecule has 11 nitrogen and oxygen atoms in total. The number of hydrogen-bond acceptors (Lipinski definition) is 8. The molecule has 16 heteroatoms. The van der Waals surface area contributed by atoms with Crippen molar-refractivity contribution in [2.45, 2.75) is 55.9 Å². The standard InChI is InChI=1S/C26H28ClF3N6O5S/c1-25(2,3)41-24(38)32-17-12-23(37)35(14-17)18-4-6-20(7-5-18)42(39,40)36-9-8-34(15-19(36)13-31)22-11-16(26(28,29)30)10-21(27)33-22/h4-7,10-11,17,19H,8-9,12,14-15H2,1-3H3,(H,32,38). The summed E-state index contributed by atoms with van der Waals surface area (Å²) in [5.74, 6) is -0.387. The molecule has 1 aromatic carbocycles. The normalized spacial score (nSPS) is 20.4. The number of nitrogens with one attached hydrogen (secondary N) is 1. The number of hydrogen-bond donors (Lipinski definition) is 1. The molecule has 4 rings (SSSR count). The van der Waals surface area contributed by atoms with Crippen LogP contribution in [-0.4, -0.2) is 73.6 Å². The number of nitriles is 1. The third-order valence-corrected chi connectivity index (χ3v) is 8.63. The Kier molecular flexibility index (Phi) is 8.64. The topological polar surface area (TPSA) is 136 Å². The van der Waals surface area contributed by atoms with E-state index in [1.165, 1.54) is 34.1 Å². The monoisotopic (exact) mass is 628 g/mol. The fourth-order valence-electron chi connectivity index (χ4n) is 4.64. The molecule has 1 aromatic heterocycles. The van der Waals surface area contributed by atoms with E-state index in [9.17, 15) is 36.4 Å². The highest BCUT2D eigenvalue weighted by atomic mass is 35.5. The first-order chi connectivity index (χ1) is 19.5. The van der Waals surface area contributed by atoms with Gasteiger partial charge in [-0.1, -0.05) is 11.6 Å². The van der Waals surface area contributed by atoms with E-state index in [1.807, 2.05) is 6.07 Å². The first-order valence-electron chi connectivity index (χ1n) is 12.8. The van der Waals surface area contributed by atoms with Gasteiger partial charge in [0, 0.05) is 38.3 Å². The van der Waals surface area contributed by atoms with Crippen LogP contribution in [-0.2, 0) is 25.7 Å². The minimum atomic E-state index is -4.66. The van der Waals surface area contributed by atoms with Crippen molar-refractivity contribution in [3.63, 3.8) is 0 Å². The number of carbonyl (C=O) groups excluding carboxylic acids is 2. The molecule has 2 aliphatic heterocycles. The summed E-state index contributed by atoms with van der Waals surface area (Å²) in [4.78, 5) is 31.3. The Hall–Kier alpha value is -3.61. The lowest BCUT2D eigenvalue weighted by Gasteiger charge is -2.38. The van der Waals surface area contributed by atoms with Crippen molar-refractivity contribution in [1.82, 2.24) is 14.6 Å². The number of benzene rings is 1. The summed E-state index contributed by atoms with van der Waals surface area (Å²) in [6.45, 7) is 4.86. The van der Waals surface area contributed by atoms with Crippen molar-refractivity contribution >= 4 is 45.1 Å². The molecule has 0 aliphatic carbocycles. The number of anilines is 2. The van der Waals surface area contributed by atoms with Crippen LogP contribution in [0.5, 0.6) is 0 Å². The Morgan fingerprint density at radius 2 is 1.81 bits per heavy atom. The van der Waals surface area contributed by atoms with Crippen molar-refractivity contribution in [2.24, 2.45) is 0 Å². The SMILES string of the molecule is CC(C)(C)OC(=O)NC1CC(=O)N(c2ccc(S(=O)(=O)N3CCN(c4cc(C(F)(F)F)cc(Cl)n4)CC3C#N)cc2)C1. The van der Waals surface area contributed by atoms with Crippen molar-refractivity contribution in [3.05, 3.63) is 47.1 Å². The van der Waals surface area contributed by atoms with Gasteiger partial charge in [0.05, 0.1) is 22.6 Å². The Labute approximate surface area is 245 Å². The van der Waals surface area contributed by atoms with Gasteiger partial charge in [0.25, 0.3) is 0 Å². The van der Waals surface area contributed by atoms with E-state index in [2.05, 4.69) is 10.3 Å². The maximum atomic E-state index is 13.5. The molecule has 2 fully saturated rings. The Balaban J connectivity index is 1.46. The number of halogens is 4. The molecule has 2 amide bonds. The zero-order chi connectivity index (χ0) is 31.0. The van der Waals surface area contributed by atoms with E-state index in [4.69, 9.17) is 16.3 Å². The second-order valence-corrected chi connectivity index (χ2v) is 13.1. The van der Waals surface area contributed by atoms with Gasteiger partial charge >= 0.3 is 12.3 Å². The van der Waals surface area contributed by atoms with Crippen LogP contribution >= 0.6 is 11.6 Å². The third-order valence-electron chi connectivity index (χ3n) is 6.51. The minimum Gasteiger partial charge on any atom is -0.444 e. The Morgan fingerprint density at radius 3 is 2.40 bits per heavy atom. The predicted molar refractivity (Wildman–Crippen MR) is 146 cm³/mol. The van der Waals surface area contributed by atoms with Crippen molar-refractivity contribution in [2.75, 3.05) is 36.0 Å². The van der Waals surface area contributed by atoms with Crippen LogP contribution in [0.4, 0.5) is 29.5 Å². The summed E-state index contributed by atoms with van der Waals surface area (Å²) in [6.07, 6.45) is -5.27. The van der Waals surface area contributed by atoms with Crippen molar-refractivity contribution in [3.8, 4) is 6.07 Å². The van der Waals surface area contributed by atoms with Gasteiger partial charge in [-0.2, -0.15) is 22.7 Å². The Bertz CT molecular complexity index is 1510. The van der Waals surface area contributed by atoms with Crippen molar-refractivity contribution < 1.29 is 35.9 Å². The zero-order valence-corrected chi connectivity index (χ0v) is 24.4. The molecule has 0 spiro atoms. The molecule has 2 unspecified atom stereocenters. The van der Waals surface area contributed by atoms with Crippen LogP contribution in [0.1, 0.15) is 32.8 Å². The molecule has 0 radical (unpaired) electrons. The van der Waals surface area contributed by atoms with Crippen molar-refractivity contribution in [1.29, 1.82) is 5.26 Å². The summed E-state index contributed by atoms with van der Waals surface area (Å²) in [7, 11) is -4.19. The molecule has 2 atom stereocenters. The van der Waals surface area contributed by atoms with Gasteiger partial charge in [-0.25, -0.2) is 18.2 Å². The average Bonchev–Trinajstić information content (AvgIpc) is 3.25. The largest absolute Gasteiger partial charge is 0.444 e. The molecule has 42 heavy (non-hydrogen) atoms. The highest BCUT2D eigenvalue weighted by Gasteiger charge is 2.39. The summed E-state index contributed by atoms with van der Waals surface area (Å²) in [5.41, 5.74) is -1.29. The third kappa shape index (κ3) is 7.05.